The molecule has 8 heteroatoms. The van der Waals surface area contributed by atoms with Crippen LogP contribution in [0.25, 0.3) is 0 Å². The zero-order valence-electron chi connectivity index (χ0n) is 16.8. The van der Waals surface area contributed by atoms with E-state index in [9.17, 15) is 14.7 Å². The van der Waals surface area contributed by atoms with E-state index >= 15 is 0 Å². The quantitative estimate of drug-likeness (QED) is 0.410. The van der Waals surface area contributed by atoms with Gasteiger partial charge in [0.2, 0.25) is 5.91 Å². The van der Waals surface area contributed by atoms with Gasteiger partial charge in [-0.2, -0.15) is 0 Å². The molecule has 6 nitrogen and oxygen atoms in total. The van der Waals surface area contributed by atoms with Crippen LogP contribution in [0.4, 0.5) is 0 Å². The Morgan fingerprint density at radius 1 is 1.54 bits per heavy atom. The Balaban J connectivity index is 1.88. The van der Waals surface area contributed by atoms with Crippen LogP contribution in [0.3, 0.4) is 0 Å². The number of aliphatic hydroxyl groups is 1. The van der Waals surface area contributed by atoms with Gasteiger partial charge in [-0.3, -0.25) is 4.79 Å². The molecule has 1 aromatic rings. The molecule has 2 rings (SSSR count). The predicted molar refractivity (Wildman–Crippen MR) is 113 cm³/mol. The topological polar surface area (TPSA) is 90.7 Å². The van der Waals surface area contributed by atoms with Crippen LogP contribution in [0, 0.1) is 5.41 Å². The molecule has 2 heterocycles. The third kappa shape index (κ3) is 6.32. The smallest absolute Gasteiger partial charge is 0.355 e. The van der Waals surface area contributed by atoms with E-state index in [1.54, 1.807) is 0 Å². The molecule has 0 bridgehead atoms. The number of aromatic carboxylic acids is 1. The number of nitrogens with zero attached hydrogens (tertiary/aromatic N) is 2. The number of carbonyl (C=O) groups excluding carboxylic acids is 1. The standard InChI is InChI=1S/C20H30N2O4S2/c1-4-5-10-20(2,3)16(23)8-6-14-7-9-17(24)22(14)11-12-27-19-21-15(13-28-19)18(25)26/h6,8,13-14,16,23H,4-5,7,9-12H2,1-3H3,(H,25,26)/b8-6+/t14-,16+/m0/s1. The summed E-state index contributed by atoms with van der Waals surface area (Å²) in [5.74, 6) is -0.239. The first-order valence-electron chi connectivity index (χ1n) is 9.72. The molecule has 0 spiro atoms. The van der Waals surface area contributed by atoms with E-state index in [1.807, 2.05) is 17.1 Å². The highest BCUT2D eigenvalue weighted by Gasteiger charge is 2.30. The molecular formula is C20H30N2O4S2. The lowest BCUT2D eigenvalue weighted by atomic mass is 9.81. The number of aromatic nitrogens is 1. The third-order valence-electron chi connectivity index (χ3n) is 5.13. The monoisotopic (exact) mass is 426 g/mol. The molecular weight excluding hydrogens is 396 g/mol. The number of unbranched alkanes of at least 4 members (excludes halogenated alkanes) is 1. The van der Waals surface area contributed by atoms with Crippen molar-refractivity contribution in [2.24, 2.45) is 5.41 Å². The number of aliphatic hydroxyl groups excluding tert-OH is 1. The van der Waals surface area contributed by atoms with Crippen LogP contribution >= 0.6 is 23.1 Å². The molecule has 1 amide bonds. The van der Waals surface area contributed by atoms with Gasteiger partial charge in [-0.05, 0) is 18.3 Å². The molecule has 0 unspecified atom stereocenters. The van der Waals surface area contributed by atoms with Gasteiger partial charge in [0.05, 0.1) is 12.1 Å². The average Bonchev–Trinajstić information content (AvgIpc) is 3.26. The van der Waals surface area contributed by atoms with E-state index in [2.05, 4.69) is 25.8 Å². The lowest BCUT2D eigenvalue weighted by molar-refractivity contribution is -0.128. The van der Waals surface area contributed by atoms with E-state index in [-0.39, 0.29) is 23.1 Å². The van der Waals surface area contributed by atoms with Crippen molar-refractivity contribution in [2.75, 3.05) is 12.3 Å². The minimum absolute atomic E-state index is 0.00982. The number of hydrogen-bond donors (Lipinski definition) is 2. The Hall–Kier alpha value is -1.38. The Labute approximate surface area is 175 Å². The number of amides is 1. The van der Waals surface area contributed by atoms with Gasteiger partial charge in [0, 0.05) is 24.1 Å². The summed E-state index contributed by atoms with van der Waals surface area (Å²) in [6.07, 6.45) is 7.73. The highest BCUT2D eigenvalue weighted by Crippen LogP contribution is 2.30. The largest absolute Gasteiger partial charge is 0.476 e. The van der Waals surface area contributed by atoms with Gasteiger partial charge in [-0.15, -0.1) is 11.3 Å². The number of carbonyl (C=O) groups is 2. The SMILES string of the molecule is CCCCC(C)(C)[C@H](O)/C=C/[C@H]1CCC(=O)N1CCSc1nc(C(=O)O)cs1. The van der Waals surface area contributed by atoms with Crippen molar-refractivity contribution in [3.8, 4) is 0 Å². The maximum atomic E-state index is 12.2. The maximum Gasteiger partial charge on any atom is 0.355 e. The fourth-order valence-electron chi connectivity index (χ4n) is 3.17. The summed E-state index contributed by atoms with van der Waals surface area (Å²) in [7, 11) is 0. The fraction of sp³-hybridized carbons (Fsp3) is 0.650. The molecule has 1 aromatic heterocycles. The van der Waals surface area contributed by atoms with Crippen molar-refractivity contribution in [3.05, 3.63) is 23.2 Å². The Bertz CT molecular complexity index is 702. The summed E-state index contributed by atoms with van der Waals surface area (Å²) in [6, 6.07) is 0.00982. The molecule has 2 N–H and O–H groups in total. The Kier molecular flexibility index (Phi) is 8.52. The highest BCUT2D eigenvalue weighted by atomic mass is 32.2. The molecule has 1 aliphatic rings. The molecule has 1 aliphatic heterocycles. The number of thioether (sulfide) groups is 1. The zero-order valence-corrected chi connectivity index (χ0v) is 18.4. The lowest BCUT2D eigenvalue weighted by Crippen LogP contribution is -2.34. The second kappa shape index (κ2) is 10.4. The Morgan fingerprint density at radius 3 is 2.93 bits per heavy atom. The zero-order chi connectivity index (χ0) is 20.7. The summed E-state index contributed by atoms with van der Waals surface area (Å²) in [6.45, 7) is 6.87. The molecule has 0 aromatic carbocycles. The first kappa shape index (κ1) is 22.9. The van der Waals surface area contributed by atoms with Crippen molar-refractivity contribution in [3.63, 3.8) is 0 Å². The van der Waals surface area contributed by atoms with Gasteiger partial charge in [0.25, 0.3) is 0 Å². The minimum Gasteiger partial charge on any atom is -0.476 e. The number of hydrogen-bond acceptors (Lipinski definition) is 6. The lowest BCUT2D eigenvalue weighted by Gasteiger charge is -2.29. The molecule has 1 fully saturated rings. The molecule has 28 heavy (non-hydrogen) atoms. The molecule has 156 valence electrons. The van der Waals surface area contributed by atoms with Gasteiger partial charge in [0.15, 0.2) is 10.0 Å². The van der Waals surface area contributed by atoms with Crippen LogP contribution in [0.5, 0.6) is 0 Å². The highest BCUT2D eigenvalue weighted by molar-refractivity contribution is 8.01. The summed E-state index contributed by atoms with van der Waals surface area (Å²) >= 11 is 2.77. The molecule has 0 saturated carbocycles. The van der Waals surface area contributed by atoms with Crippen molar-refractivity contribution in [1.82, 2.24) is 9.88 Å². The van der Waals surface area contributed by atoms with Crippen LogP contribution in [0.2, 0.25) is 0 Å². The minimum atomic E-state index is -1.02. The van der Waals surface area contributed by atoms with Crippen molar-refractivity contribution < 1.29 is 19.8 Å². The number of carboxylic acids is 1. The van der Waals surface area contributed by atoms with Gasteiger partial charge in [-0.1, -0.05) is 57.5 Å². The summed E-state index contributed by atoms with van der Waals surface area (Å²) in [5.41, 5.74) is -0.118. The second-order valence-corrected chi connectivity index (χ2v) is 9.97. The molecule has 1 saturated heterocycles. The van der Waals surface area contributed by atoms with Gasteiger partial charge < -0.3 is 15.1 Å². The van der Waals surface area contributed by atoms with Crippen molar-refractivity contribution in [2.45, 2.75) is 69.4 Å². The van der Waals surface area contributed by atoms with Crippen molar-refractivity contribution >= 4 is 35.0 Å². The summed E-state index contributed by atoms with van der Waals surface area (Å²) < 4.78 is 0.698. The molecule has 0 radical (unpaired) electrons. The first-order chi connectivity index (χ1) is 13.2. The third-order valence-corrected chi connectivity index (χ3v) is 7.13. The number of likely N-dealkylation sites (tertiary alicyclic amines) is 1. The van der Waals surface area contributed by atoms with E-state index in [1.165, 1.54) is 28.5 Å². The summed E-state index contributed by atoms with van der Waals surface area (Å²) in [5, 5.41) is 21.0. The van der Waals surface area contributed by atoms with E-state index in [0.29, 0.717) is 23.1 Å². The summed E-state index contributed by atoms with van der Waals surface area (Å²) in [4.78, 5) is 29.0. The first-order valence-corrected chi connectivity index (χ1v) is 11.6. The maximum absolute atomic E-state index is 12.2. The van der Waals surface area contributed by atoms with E-state index < -0.39 is 12.1 Å². The van der Waals surface area contributed by atoms with Crippen LogP contribution < -0.4 is 0 Å². The number of carboxylic acid groups (broad SMARTS) is 1. The fourth-order valence-corrected chi connectivity index (χ4v) is 4.98. The number of rotatable bonds is 11. The average molecular weight is 427 g/mol. The number of thiazole rings is 1. The van der Waals surface area contributed by atoms with E-state index in [0.717, 1.165) is 25.7 Å². The van der Waals surface area contributed by atoms with Crippen LogP contribution in [0.1, 0.15) is 63.4 Å². The van der Waals surface area contributed by atoms with Crippen LogP contribution in [0.15, 0.2) is 21.9 Å². The van der Waals surface area contributed by atoms with Gasteiger partial charge in [-0.25, -0.2) is 9.78 Å². The Morgan fingerprint density at radius 2 is 2.29 bits per heavy atom. The second-order valence-electron chi connectivity index (χ2n) is 7.77. The molecule has 0 aliphatic carbocycles. The van der Waals surface area contributed by atoms with E-state index in [4.69, 9.17) is 5.11 Å². The van der Waals surface area contributed by atoms with Gasteiger partial charge >= 0.3 is 5.97 Å². The van der Waals surface area contributed by atoms with Crippen LogP contribution in [-0.2, 0) is 4.79 Å². The predicted octanol–water partition coefficient (Wildman–Crippen LogP) is 4.06. The molecule has 2 atom stereocenters. The van der Waals surface area contributed by atoms with Crippen LogP contribution in [-0.4, -0.2) is 56.4 Å². The van der Waals surface area contributed by atoms with Gasteiger partial charge in [0.1, 0.15) is 0 Å². The normalized spacial score (nSPS) is 18.9. The van der Waals surface area contributed by atoms with Crippen molar-refractivity contribution in [1.29, 1.82) is 0 Å².